The molecule has 0 radical (unpaired) electrons. The van der Waals surface area contributed by atoms with Crippen LogP contribution in [0.25, 0.3) is 0 Å². The summed E-state index contributed by atoms with van der Waals surface area (Å²) in [7, 11) is 0. The molecule has 1 heterocycles. The molecule has 0 saturated carbocycles. The zero-order valence-electron chi connectivity index (χ0n) is 3.73. The summed E-state index contributed by atoms with van der Waals surface area (Å²) in [6, 6.07) is -0.0729. The first kappa shape index (κ1) is 4.77. The molecule has 0 spiro atoms. The van der Waals surface area contributed by atoms with E-state index in [0.29, 0.717) is 0 Å². The van der Waals surface area contributed by atoms with Gasteiger partial charge in [-0.1, -0.05) is 0 Å². The molecule has 0 atom stereocenters. The van der Waals surface area contributed by atoms with E-state index in [0.717, 1.165) is 12.3 Å². The molecule has 1 saturated heterocycles. The smallest absolute Gasteiger partial charge is 0.324 e. The summed E-state index contributed by atoms with van der Waals surface area (Å²) in [5.41, 5.74) is 0. The standard InChI is InChI=1S/C3H6N2OS/c6-3-4-1-2-7-5-3/h1-2H2,(H2,4,5,6). The first-order chi connectivity index (χ1) is 3.39. The van der Waals surface area contributed by atoms with Crippen molar-refractivity contribution in [2.45, 2.75) is 0 Å². The second-order valence-electron chi connectivity index (χ2n) is 1.21. The van der Waals surface area contributed by atoms with Crippen molar-refractivity contribution in [3.8, 4) is 0 Å². The minimum Gasteiger partial charge on any atom is -0.337 e. The average Bonchev–Trinajstić information content (AvgIpc) is 1.69. The summed E-state index contributed by atoms with van der Waals surface area (Å²) in [5, 5.41) is 2.61. The number of hydrogen-bond donors (Lipinski definition) is 2. The number of carbonyl (C=O) groups is 1. The van der Waals surface area contributed by atoms with E-state index in [4.69, 9.17) is 0 Å². The normalized spacial score (nSPS) is 20.3. The predicted molar refractivity (Wildman–Crippen MR) is 29.0 cm³/mol. The van der Waals surface area contributed by atoms with Crippen molar-refractivity contribution >= 4 is 18.0 Å². The summed E-state index contributed by atoms with van der Waals surface area (Å²) >= 11 is 1.44. The summed E-state index contributed by atoms with van der Waals surface area (Å²) in [6.07, 6.45) is 0. The third-order valence-corrected chi connectivity index (χ3v) is 1.39. The second-order valence-corrected chi connectivity index (χ2v) is 2.11. The molecule has 0 unspecified atom stereocenters. The summed E-state index contributed by atoms with van der Waals surface area (Å²) in [5.74, 6) is 0.964. The zero-order chi connectivity index (χ0) is 5.11. The Morgan fingerprint density at radius 1 is 1.71 bits per heavy atom. The molecule has 3 nitrogen and oxygen atoms in total. The monoisotopic (exact) mass is 118 g/mol. The van der Waals surface area contributed by atoms with E-state index in [-0.39, 0.29) is 6.03 Å². The molecular formula is C3H6N2OS. The minimum absolute atomic E-state index is 0.0729. The lowest BCUT2D eigenvalue weighted by molar-refractivity contribution is 0.246. The van der Waals surface area contributed by atoms with Crippen molar-refractivity contribution in [2.75, 3.05) is 12.3 Å². The molecule has 0 aromatic carbocycles. The van der Waals surface area contributed by atoms with Gasteiger partial charge in [-0.3, -0.25) is 4.72 Å². The van der Waals surface area contributed by atoms with Crippen molar-refractivity contribution < 1.29 is 4.79 Å². The second kappa shape index (κ2) is 2.07. The van der Waals surface area contributed by atoms with Crippen molar-refractivity contribution in [1.29, 1.82) is 0 Å². The topological polar surface area (TPSA) is 41.1 Å². The molecule has 7 heavy (non-hydrogen) atoms. The molecule has 2 N–H and O–H groups in total. The van der Waals surface area contributed by atoms with Gasteiger partial charge in [0.25, 0.3) is 0 Å². The van der Waals surface area contributed by atoms with E-state index in [1.54, 1.807) is 0 Å². The Kier molecular flexibility index (Phi) is 1.41. The molecule has 1 fully saturated rings. The van der Waals surface area contributed by atoms with Gasteiger partial charge in [-0.2, -0.15) is 0 Å². The number of nitrogens with one attached hydrogen (secondary N) is 2. The van der Waals surface area contributed by atoms with Crippen LogP contribution in [0.2, 0.25) is 0 Å². The van der Waals surface area contributed by atoms with E-state index in [9.17, 15) is 4.79 Å². The number of urea groups is 1. The molecular weight excluding hydrogens is 112 g/mol. The van der Waals surface area contributed by atoms with Gasteiger partial charge in [0.2, 0.25) is 0 Å². The lowest BCUT2D eigenvalue weighted by Gasteiger charge is -2.10. The molecule has 40 valence electrons. The maximum atomic E-state index is 10.2. The van der Waals surface area contributed by atoms with E-state index >= 15 is 0 Å². The van der Waals surface area contributed by atoms with Crippen LogP contribution in [-0.2, 0) is 0 Å². The van der Waals surface area contributed by atoms with Gasteiger partial charge in [0, 0.05) is 12.3 Å². The Bertz CT molecular complexity index is 77.0. The van der Waals surface area contributed by atoms with Crippen molar-refractivity contribution in [2.24, 2.45) is 0 Å². The fraction of sp³-hybridized carbons (Fsp3) is 0.667. The summed E-state index contributed by atoms with van der Waals surface area (Å²) in [4.78, 5) is 10.2. The van der Waals surface area contributed by atoms with Crippen LogP contribution in [0.15, 0.2) is 0 Å². The zero-order valence-corrected chi connectivity index (χ0v) is 4.55. The van der Waals surface area contributed by atoms with Crippen LogP contribution >= 0.6 is 11.9 Å². The Morgan fingerprint density at radius 3 is 2.86 bits per heavy atom. The van der Waals surface area contributed by atoms with E-state index in [2.05, 4.69) is 10.0 Å². The van der Waals surface area contributed by atoms with Gasteiger partial charge >= 0.3 is 6.03 Å². The Morgan fingerprint density at radius 2 is 2.57 bits per heavy atom. The first-order valence-electron chi connectivity index (χ1n) is 2.05. The number of hydrogen-bond acceptors (Lipinski definition) is 2. The van der Waals surface area contributed by atoms with E-state index < -0.39 is 0 Å². The van der Waals surface area contributed by atoms with E-state index in [1.807, 2.05) is 0 Å². The van der Waals surface area contributed by atoms with Gasteiger partial charge in [-0.15, -0.1) is 0 Å². The molecule has 2 amide bonds. The van der Waals surface area contributed by atoms with Crippen LogP contribution in [-0.4, -0.2) is 18.3 Å². The Hall–Kier alpha value is -0.380. The average molecular weight is 118 g/mol. The lowest BCUT2D eigenvalue weighted by atomic mass is 10.7. The SMILES string of the molecule is O=C1NCCSN1. The third kappa shape index (κ3) is 1.27. The van der Waals surface area contributed by atoms with Crippen molar-refractivity contribution in [3.63, 3.8) is 0 Å². The Balaban J connectivity index is 2.25. The van der Waals surface area contributed by atoms with Crippen LogP contribution in [0.1, 0.15) is 0 Å². The van der Waals surface area contributed by atoms with Crippen LogP contribution in [0, 0.1) is 0 Å². The minimum atomic E-state index is -0.0729. The van der Waals surface area contributed by atoms with Gasteiger partial charge < -0.3 is 5.32 Å². The quantitative estimate of drug-likeness (QED) is 0.438. The fourth-order valence-electron chi connectivity index (χ4n) is 0.368. The number of amides is 2. The van der Waals surface area contributed by atoms with Crippen LogP contribution < -0.4 is 10.0 Å². The molecule has 1 aliphatic rings. The highest BCUT2D eigenvalue weighted by molar-refractivity contribution is 7.98. The number of rotatable bonds is 0. The molecule has 1 aliphatic heterocycles. The summed E-state index contributed by atoms with van der Waals surface area (Å²) < 4.78 is 2.55. The van der Waals surface area contributed by atoms with Crippen molar-refractivity contribution in [3.05, 3.63) is 0 Å². The molecule has 0 bridgehead atoms. The maximum absolute atomic E-state index is 10.2. The van der Waals surface area contributed by atoms with Crippen LogP contribution in [0.4, 0.5) is 4.79 Å². The molecule has 0 aromatic heterocycles. The molecule has 4 heteroatoms. The number of carbonyl (C=O) groups excluding carboxylic acids is 1. The van der Waals surface area contributed by atoms with Gasteiger partial charge in [-0.05, 0) is 11.9 Å². The first-order valence-corrected chi connectivity index (χ1v) is 3.04. The maximum Gasteiger partial charge on any atom is 0.324 e. The largest absolute Gasteiger partial charge is 0.337 e. The van der Waals surface area contributed by atoms with Crippen LogP contribution in [0.5, 0.6) is 0 Å². The lowest BCUT2D eigenvalue weighted by Crippen LogP contribution is -2.38. The highest BCUT2D eigenvalue weighted by Gasteiger charge is 2.02. The third-order valence-electron chi connectivity index (χ3n) is 0.655. The van der Waals surface area contributed by atoms with E-state index in [1.165, 1.54) is 11.9 Å². The summed E-state index contributed by atoms with van der Waals surface area (Å²) in [6.45, 7) is 0.788. The van der Waals surface area contributed by atoms with Gasteiger partial charge in [0.15, 0.2) is 0 Å². The highest BCUT2D eigenvalue weighted by atomic mass is 32.2. The Labute approximate surface area is 46.0 Å². The van der Waals surface area contributed by atoms with Gasteiger partial charge in [0.05, 0.1) is 0 Å². The molecule has 0 aromatic rings. The highest BCUT2D eigenvalue weighted by Crippen LogP contribution is 1.94. The van der Waals surface area contributed by atoms with Gasteiger partial charge in [0.1, 0.15) is 0 Å². The van der Waals surface area contributed by atoms with Gasteiger partial charge in [-0.25, -0.2) is 4.79 Å². The fourth-order valence-corrected chi connectivity index (χ4v) is 0.878. The van der Waals surface area contributed by atoms with Crippen molar-refractivity contribution in [1.82, 2.24) is 10.0 Å². The van der Waals surface area contributed by atoms with Crippen LogP contribution in [0.3, 0.4) is 0 Å². The molecule has 1 rings (SSSR count). The predicted octanol–water partition coefficient (Wildman–Crippen LogP) is -0.0526. The molecule has 0 aliphatic carbocycles.